The Hall–Kier alpha value is -2.51. The zero-order valence-electron chi connectivity index (χ0n) is 14.5. The monoisotopic (exact) mass is 374 g/mol. The summed E-state index contributed by atoms with van der Waals surface area (Å²) >= 11 is 0. The van der Waals surface area contributed by atoms with E-state index in [0.29, 0.717) is 10.5 Å². The van der Waals surface area contributed by atoms with Gasteiger partial charge in [0.2, 0.25) is 5.91 Å². The molecule has 26 heavy (non-hydrogen) atoms. The highest BCUT2D eigenvalue weighted by Gasteiger charge is 2.25. The summed E-state index contributed by atoms with van der Waals surface area (Å²) in [5.41, 5.74) is 6.07. The van der Waals surface area contributed by atoms with Gasteiger partial charge in [0, 0.05) is 17.8 Å². The van der Waals surface area contributed by atoms with Crippen LogP contribution in [0.3, 0.4) is 0 Å². The predicted molar refractivity (Wildman–Crippen MR) is 99.7 cm³/mol. The molecule has 0 spiro atoms. The Morgan fingerprint density at radius 3 is 2.19 bits per heavy atom. The van der Waals surface area contributed by atoms with Crippen LogP contribution < -0.4 is 11.1 Å². The Kier molecular flexibility index (Phi) is 7.50. The van der Waals surface area contributed by atoms with E-state index in [1.807, 2.05) is 12.1 Å². The summed E-state index contributed by atoms with van der Waals surface area (Å²) in [6, 6.07) is 17.0. The number of hydrogen-bond acceptors (Lipinski definition) is 4. The van der Waals surface area contributed by atoms with Gasteiger partial charge >= 0.3 is 0 Å². The van der Waals surface area contributed by atoms with Crippen LogP contribution in [0.4, 0.5) is 0 Å². The molecule has 2 amide bonds. The lowest BCUT2D eigenvalue weighted by Gasteiger charge is -2.20. The SMILES string of the molecule is CO[C@H](C(=O)N[C@H](CC[S@@](=O)c1ccccc1)C(N)=O)c1ccccc1. The molecule has 3 N–H and O–H groups in total. The van der Waals surface area contributed by atoms with E-state index in [4.69, 9.17) is 10.5 Å². The first-order valence-corrected chi connectivity index (χ1v) is 9.45. The highest BCUT2D eigenvalue weighted by molar-refractivity contribution is 7.85. The van der Waals surface area contributed by atoms with Crippen LogP contribution in [0.2, 0.25) is 0 Å². The van der Waals surface area contributed by atoms with Gasteiger partial charge in [-0.25, -0.2) is 0 Å². The molecule has 2 rings (SSSR count). The van der Waals surface area contributed by atoms with E-state index in [2.05, 4.69) is 5.32 Å². The van der Waals surface area contributed by atoms with E-state index in [0.717, 1.165) is 0 Å². The van der Waals surface area contributed by atoms with Crippen molar-refractivity contribution in [3.63, 3.8) is 0 Å². The maximum atomic E-state index is 12.5. The smallest absolute Gasteiger partial charge is 0.254 e. The van der Waals surface area contributed by atoms with Crippen LogP contribution in [0.5, 0.6) is 0 Å². The number of benzene rings is 2. The van der Waals surface area contributed by atoms with Crippen molar-refractivity contribution < 1.29 is 18.5 Å². The highest BCUT2D eigenvalue weighted by atomic mass is 32.2. The lowest BCUT2D eigenvalue weighted by Crippen LogP contribution is -2.47. The first kappa shape index (κ1) is 19.8. The van der Waals surface area contributed by atoms with Gasteiger partial charge in [0.25, 0.3) is 5.91 Å². The average molecular weight is 374 g/mol. The number of carbonyl (C=O) groups is 2. The van der Waals surface area contributed by atoms with Crippen molar-refractivity contribution in [3.8, 4) is 0 Å². The molecule has 138 valence electrons. The molecule has 0 saturated carbocycles. The minimum atomic E-state index is -1.27. The van der Waals surface area contributed by atoms with Gasteiger partial charge in [0.05, 0.1) is 10.8 Å². The van der Waals surface area contributed by atoms with Gasteiger partial charge in [-0.3, -0.25) is 13.8 Å². The van der Waals surface area contributed by atoms with Crippen LogP contribution in [0.1, 0.15) is 18.1 Å². The van der Waals surface area contributed by atoms with E-state index in [1.165, 1.54) is 7.11 Å². The maximum absolute atomic E-state index is 12.5. The normalized spacial score (nSPS) is 14.2. The molecule has 7 heteroatoms. The summed E-state index contributed by atoms with van der Waals surface area (Å²) in [5.74, 6) is -0.930. The number of primary amides is 1. The Labute approximate surface area is 155 Å². The molecular weight excluding hydrogens is 352 g/mol. The van der Waals surface area contributed by atoms with Gasteiger partial charge in [-0.2, -0.15) is 0 Å². The molecule has 2 aromatic rings. The summed E-state index contributed by atoms with van der Waals surface area (Å²) in [7, 11) is 0.143. The topological polar surface area (TPSA) is 98.5 Å². The number of nitrogens with one attached hydrogen (secondary N) is 1. The fraction of sp³-hybridized carbons (Fsp3) is 0.263. The molecule has 3 atom stereocenters. The summed E-state index contributed by atoms with van der Waals surface area (Å²) < 4.78 is 17.5. The van der Waals surface area contributed by atoms with E-state index in [9.17, 15) is 13.8 Å². The van der Waals surface area contributed by atoms with Crippen LogP contribution >= 0.6 is 0 Å². The van der Waals surface area contributed by atoms with Crippen LogP contribution in [-0.4, -0.2) is 34.9 Å². The Morgan fingerprint density at radius 2 is 1.65 bits per heavy atom. The molecule has 0 aromatic heterocycles. The molecule has 0 unspecified atom stereocenters. The second-order valence-corrected chi connectivity index (χ2v) is 7.21. The third-order valence-electron chi connectivity index (χ3n) is 3.83. The van der Waals surface area contributed by atoms with Crippen LogP contribution in [0, 0.1) is 0 Å². The van der Waals surface area contributed by atoms with E-state index < -0.39 is 34.8 Å². The quantitative estimate of drug-likeness (QED) is 0.695. The number of amides is 2. The zero-order valence-corrected chi connectivity index (χ0v) is 15.3. The molecule has 0 aliphatic rings. The molecular formula is C19H22N2O4S. The van der Waals surface area contributed by atoms with Crippen molar-refractivity contribution in [2.24, 2.45) is 5.73 Å². The molecule has 0 saturated heterocycles. The van der Waals surface area contributed by atoms with Gasteiger partial charge in [-0.1, -0.05) is 48.5 Å². The minimum Gasteiger partial charge on any atom is -0.368 e. The molecule has 2 aromatic carbocycles. The number of carbonyl (C=O) groups excluding carboxylic acids is 2. The van der Waals surface area contributed by atoms with Gasteiger partial charge < -0.3 is 15.8 Å². The Bertz CT molecular complexity index is 753. The second kappa shape index (κ2) is 9.84. The summed E-state index contributed by atoms with van der Waals surface area (Å²) in [6.45, 7) is 0. The summed E-state index contributed by atoms with van der Waals surface area (Å²) in [4.78, 5) is 24.9. The summed E-state index contributed by atoms with van der Waals surface area (Å²) in [6.07, 6.45) is -0.675. The molecule has 0 heterocycles. The molecule has 0 fully saturated rings. The third-order valence-corrected chi connectivity index (χ3v) is 5.24. The van der Waals surface area contributed by atoms with E-state index >= 15 is 0 Å². The first-order valence-electron chi connectivity index (χ1n) is 8.13. The predicted octanol–water partition coefficient (Wildman–Crippen LogP) is 1.54. The molecule has 6 nitrogen and oxygen atoms in total. The summed E-state index contributed by atoms with van der Waals surface area (Å²) in [5, 5.41) is 2.60. The van der Waals surface area contributed by atoms with Gasteiger partial charge in [-0.15, -0.1) is 0 Å². The van der Waals surface area contributed by atoms with Gasteiger partial charge in [0.15, 0.2) is 6.10 Å². The van der Waals surface area contributed by atoms with Crippen molar-refractivity contribution in [3.05, 3.63) is 66.2 Å². The molecule has 0 aliphatic heterocycles. The number of ether oxygens (including phenoxy) is 1. The average Bonchev–Trinajstić information content (AvgIpc) is 2.66. The Morgan fingerprint density at radius 1 is 1.08 bits per heavy atom. The van der Waals surface area contributed by atoms with Crippen molar-refractivity contribution >= 4 is 22.6 Å². The first-order chi connectivity index (χ1) is 12.5. The number of hydrogen-bond donors (Lipinski definition) is 2. The largest absolute Gasteiger partial charge is 0.368 e. The van der Waals surface area contributed by atoms with Crippen LogP contribution in [0.25, 0.3) is 0 Å². The molecule has 0 radical (unpaired) electrons. The van der Waals surface area contributed by atoms with E-state index in [-0.39, 0.29) is 12.2 Å². The standard InChI is InChI=1S/C19H22N2O4S/c1-25-17(14-8-4-2-5-9-14)19(23)21-16(18(20)22)12-13-26(24)15-10-6-3-7-11-15/h2-11,16-17H,12-13H2,1H3,(H2,20,22)(H,21,23)/t16-,17+,26-/m1/s1. The lowest BCUT2D eigenvalue weighted by molar-refractivity contribution is -0.135. The fourth-order valence-electron chi connectivity index (χ4n) is 2.47. The molecule has 0 bridgehead atoms. The highest BCUT2D eigenvalue weighted by Crippen LogP contribution is 2.17. The third kappa shape index (κ3) is 5.50. The van der Waals surface area contributed by atoms with Gasteiger partial charge in [0.1, 0.15) is 6.04 Å². The zero-order chi connectivity index (χ0) is 18.9. The van der Waals surface area contributed by atoms with Crippen molar-refractivity contribution in [2.75, 3.05) is 12.9 Å². The number of rotatable bonds is 9. The Balaban J connectivity index is 2.00. The van der Waals surface area contributed by atoms with Crippen molar-refractivity contribution in [2.45, 2.75) is 23.5 Å². The van der Waals surface area contributed by atoms with Crippen molar-refractivity contribution in [1.82, 2.24) is 5.32 Å². The lowest BCUT2D eigenvalue weighted by atomic mass is 10.1. The maximum Gasteiger partial charge on any atom is 0.254 e. The number of nitrogens with two attached hydrogens (primary N) is 1. The van der Waals surface area contributed by atoms with Crippen LogP contribution in [-0.2, 0) is 25.1 Å². The number of methoxy groups -OCH3 is 1. The van der Waals surface area contributed by atoms with Crippen molar-refractivity contribution in [1.29, 1.82) is 0 Å². The molecule has 0 aliphatic carbocycles. The van der Waals surface area contributed by atoms with Gasteiger partial charge in [-0.05, 0) is 24.1 Å². The minimum absolute atomic E-state index is 0.174. The van der Waals surface area contributed by atoms with Crippen LogP contribution in [0.15, 0.2) is 65.6 Å². The van der Waals surface area contributed by atoms with E-state index in [1.54, 1.807) is 48.5 Å². The fourth-order valence-corrected chi connectivity index (χ4v) is 3.62. The second-order valence-electron chi connectivity index (χ2n) is 5.64.